The third-order valence-corrected chi connectivity index (χ3v) is 2.25. The number of hydrogen-bond acceptors (Lipinski definition) is 3. The van der Waals surface area contributed by atoms with Gasteiger partial charge in [0.05, 0.1) is 12.1 Å². The van der Waals surface area contributed by atoms with Crippen LogP contribution in [0, 0.1) is 11.8 Å². The van der Waals surface area contributed by atoms with Crippen molar-refractivity contribution < 1.29 is 14.3 Å². The molecule has 0 spiro atoms. The van der Waals surface area contributed by atoms with E-state index < -0.39 is 5.91 Å². The first kappa shape index (κ1) is 15.3. The SMILES string of the molecule is C/C=C/C(=O)NCC#CCOc1ccccc1C(N)=O. The van der Waals surface area contributed by atoms with Crippen molar-refractivity contribution in [2.75, 3.05) is 13.2 Å². The molecule has 0 saturated carbocycles. The van der Waals surface area contributed by atoms with E-state index in [1.807, 2.05) is 0 Å². The Labute approximate surface area is 117 Å². The Morgan fingerprint density at radius 1 is 1.35 bits per heavy atom. The number of carbonyl (C=O) groups excluding carboxylic acids is 2. The van der Waals surface area contributed by atoms with E-state index in [4.69, 9.17) is 10.5 Å². The lowest BCUT2D eigenvalue weighted by molar-refractivity contribution is -0.116. The van der Waals surface area contributed by atoms with Crippen molar-refractivity contribution in [1.82, 2.24) is 5.32 Å². The van der Waals surface area contributed by atoms with E-state index >= 15 is 0 Å². The van der Waals surface area contributed by atoms with Crippen molar-refractivity contribution in [3.63, 3.8) is 0 Å². The second-order valence-electron chi connectivity index (χ2n) is 3.72. The van der Waals surface area contributed by atoms with E-state index in [0.29, 0.717) is 11.3 Å². The molecule has 0 atom stereocenters. The molecule has 0 saturated heterocycles. The number of benzene rings is 1. The van der Waals surface area contributed by atoms with Crippen LogP contribution in [0.2, 0.25) is 0 Å². The van der Waals surface area contributed by atoms with Gasteiger partial charge in [-0.1, -0.05) is 30.0 Å². The second-order valence-corrected chi connectivity index (χ2v) is 3.72. The maximum atomic E-state index is 11.1. The van der Waals surface area contributed by atoms with Crippen molar-refractivity contribution in [3.8, 4) is 17.6 Å². The molecule has 1 aromatic carbocycles. The lowest BCUT2D eigenvalue weighted by Gasteiger charge is -2.05. The summed E-state index contributed by atoms with van der Waals surface area (Å²) in [5.74, 6) is 5.12. The molecular weight excluding hydrogens is 256 g/mol. The minimum atomic E-state index is -0.549. The van der Waals surface area contributed by atoms with E-state index in [1.165, 1.54) is 6.08 Å². The van der Waals surface area contributed by atoms with E-state index in [-0.39, 0.29) is 19.1 Å². The number of nitrogens with two attached hydrogens (primary N) is 1. The number of primary amides is 1. The van der Waals surface area contributed by atoms with Crippen molar-refractivity contribution in [3.05, 3.63) is 42.0 Å². The van der Waals surface area contributed by atoms with Crippen LogP contribution >= 0.6 is 0 Å². The maximum absolute atomic E-state index is 11.1. The van der Waals surface area contributed by atoms with E-state index in [2.05, 4.69) is 17.2 Å². The monoisotopic (exact) mass is 272 g/mol. The summed E-state index contributed by atoms with van der Waals surface area (Å²) in [6.07, 6.45) is 3.06. The third kappa shape index (κ3) is 5.27. The molecule has 1 aromatic rings. The lowest BCUT2D eigenvalue weighted by Crippen LogP contribution is -2.21. The number of hydrogen-bond donors (Lipinski definition) is 2. The number of amides is 2. The number of carbonyl (C=O) groups is 2. The van der Waals surface area contributed by atoms with Gasteiger partial charge in [-0.05, 0) is 25.1 Å². The summed E-state index contributed by atoms with van der Waals surface area (Å²) in [5, 5.41) is 2.58. The number of ether oxygens (including phenoxy) is 1. The van der Waals surface area contributed by atoms with Crippen LogP contribution in [-0.4, -0.2) is 25.0 Å². The first-order chi connectivity index (χ1) is 9.65. The van der Waals surface area contributed by atoms with Gasteiger partial charge in [0, 0.05) is 0 Å². The first-order valence-electron chi connectivity index (χ1n) is 6.03. The number of nitrogens with one attached hydrogen (secondary N) is 1. The predicted molar refractivity (Wildman–Crippen MR) is 76.1 cm³/mol. The zero-order chi connectivity index (χ0) is 14.8. The molecule has 0 bridgehead atoms. The normalized spacial score (nSPS) is 9.65. The van der Waals surface area contributed by atoms with Crippen LogP contribution in [0.5, 0.6) is 5.75 Å². The minimum absolute atomic E-state index is 0.115. The Hall–Kier alpha value is -2.74. The molecule has 0 radical (unpaired) electrons. The molecule has 1 rings (SSSR count). The Morgan fingerprint density at radius 2 is 2.10 bits per heavy atom. The molecule has 5 nitrogen and oxygen atoms in total. The molecule has 0 aromatic heterocycles. The van der Waals surface area contributed by atoms with Gasteiger partial charge < -0.3 is 15.8 Å². The molecule has 20 heavy (non-hydrogen) atoms. The van der Waals surface area contributed by atoms with Gasteiger partial charge in [-0.25, -0.2) is 0 Å². The zero-order valence-corrected chi connectivity index (χ0v) is 11.2. The molecule has 5 heteroatoms. The van der Waals surface area contributed by atoms with Gasteiger partial charge in [-0.2, -0.15) is 0 Å². The van der Waals surface area contributed by atoms with Gasteiger partial charge in [0.25, 0.3) is 5.91 Å². The predicted octanol–water partition coefficient (Wildman–Crippen LogP) is 0.860. The molecule has 0 aliphatic heterocycles. The molecule has 0 fully saturated rings. The van der Waals surface area contributed by atoms with Crippen LogP contribution < -0.4 is 15.8 Å². The highest BCUT2D eigenvalue weighted by Crippen LogP contribution is 2.16. The summed E-state index contributed by atoms with van der Waals surface area (Å²) in [6.45, 7) is 2.11. The summed E-state index contributed by atoms with van der Waals surface area (Å²) < 4.78 is 5.35. The summed E-state index contributed by atoms with van der Waals surface area (Å²) in [7, 11) is 0. The second kappa shape index (κ2) is 8.38. The Morgan fingerprint density at radius 3 is 2.80 bits per heavy atom. The molecule has 2 amide bonds. The largest absolute Gasteiger partial charge is 0.480 e. The Bertz CT molecular complexity index is 568. The van der Waals surface area contributed by atoms with Gasteiger partial charge in [-0.3, -0.25) is 9.59 Å². The van der Waals surface area contributed by atoms with Crippen molar-refractivity contribution in [1.29, 1.82) is 0 Å². The molecule has 0 heterocycles. The molecule has 0 aliphatic rings. The van der Waals surface area contributed by atoms with Crippen LogP contribution in [0.15, 0.2) is 36.4 Å². The standard InChI is InChI=1S/C15H16N2O3/c1-2-7-14(18)17-10-5-6-11-20-13-9-4-3-8-12(13)15(16)19/h2-4,7-9H,10-11H2,1H3,(H2,16,19)(H,17,18)/b7-2+. The van der Waals surface area contributed by atoms with E-state index in [9.17, 15) is 9.59 Å². The summed E-state index contributed by atoms with van der Waals surface area (Å²) >= 11 is 0. The minimum Gasteiger partial charge on any atom is -0.480 e. The Balaban J connectivity index is 2.42. The fourth-order valence-corrected chi connectivity index (χ4v) is 1.37. The van der Waals surface area contributed by atoms with Crippen LogP contribution in [0.4, 0.5) is 0 Å². The zero-order valence-electron chi connectivity index (χ0n) is 11.2. The van der Waals surface area contributed by atoms with Crippen molar-refractivity contribution in [2.45, 2.75) is 6.92 Å². The average Bonchev–Trinajstić information content (AvgIpc) is 2.43. The summed E-state index contributed by atoms with van der Waals surface area (Å²) in [5.41, 5.74) is 5.53. The molecular formula is C15H16N2O3. The summed E-state index contributed by atoms with van der Waals surface area (Å²) in [4.78, 5) is 22.2. The van der Waals surface area contributed by atoms with Crippen LogP contribution in [0.3, 0.4) is 0 Å². The van der Waals surface area contributed by atoms with Crippen LogP contribution in [-0.2, 0) is 4.79 Å². The quantitative estimate of drug-likeness (QED) is 0.616. The highest BCUT2D eigenvalue weighted by atomic mass is 16.5. The number of allylic oxidation sites excluding steroid dienone is 1. The maximum Gasteiger partial charge on any atom is 0.252 e. The van der Waals surface area contributed by atoms with E-state index in [0.717, 1.165) is 0 Å². The molecule has 0 unspecified atom stereocenters. The fourth-order valence-electron chi connectivity index (χ4n) is 1.37. The number of para-hydroxylation sites is 1. The lowest BCUT2D eigenvalue weighted by atomic mass is 10.2. The average molecular weight is 272 g/mol. The van der Waals surface area contributed by atoms with Gasteiger partial charge in [0.1, 0.15) is 12.4 Å². The smallest absolute Gasteiger partial charge is 0.252 e. The third-order valence-electron chi connectivity index (χ3n) is 2.25. The summed E-state index contributed by atoms with van der Waals surface area (Å²) in [6, 6.07) is 6.68. The topological polar surface area (TPSA) is 81.4 Å². The Kier molecular flexibility index (Phi) is 6.42. The van der Waals surface area contributed by atoms with Gasteiger partial charge >= 0.3 is 0 Å². The molecule has 104 valence electrons. The molecule has 3 N–H and O–H groups in total. The van der Waals surface area contributed by atoms with Crippen molar-refractivity contribution >= 4 is 11.8 Å². The number of rotatable bonds is 5. The van der Waals surface area contributed by atoms with Crippen LogP contribution in [0.25, 0.3) is 0 Å². The van der Waals surface area contributed by atoms with Gasteiger partial charge in [-0.15, -0.1) is 0 Å². The van der Waals surface area contributed by atoms with Gasteiger partial charge in [0.2, 0.25) is 5.91 Å². The highest BCUT2D eigenvalue weighted by molar-refractivity contribution is 5.95. The van der Waals surface area contributed by atoms with Crippen molar-refractivity contribution in [2.24, 2.45) is 5.73 Å². The first-order valence-corrected chi connectivity index (χ1v) is 6.03. The molecule has 0 aliphatic carbocycles. The highest BCUT2D eigenvalue weighted by Gasteiger charge is 2.06. The van der Waals surface area contributed by atoms with Crippen LogP contribution in [0.1, 0.15) is 17.3 Å². The van der Waals surface area contributed by atoms with Gasteiger partial charge in [0.15, 0.2) is 0 Å². The fraction of sp³-hybridized carbons (Fsp3) is 0.200. The van der Waals surface area contributed by atoms with E-state index in [1.54, 1.807) is 37.3 Å².